The van der Waals surface area contributed by atoms with Crippen molar-refractivity contribution in [1.29, 1.82) is 0 Å². The molecule has 0 bridgehead atoms. The summed E-state index contributed by atoms with van der Waals surface area (Å²) in [6.07, 6.45) is 1.20. The average Bonchev–Trinajstić information content (AvgIpc) is 2.48. The molecule has 1 aliphatic heterocycles. The van der Waals surface area contributed by atoms with Gasteiger partial charge in [0.05, 0.1) is 0 Å². The monoisotopic (exact) mass is 304 g/mol. The van der Waals surface area contributed by atoms with E-state index in [1.54, 1.807) is 0 Å². The van der Waals surface area contributed by atoms with Crippen molar-refractivity contribution in [2.75, 3.05) is 13.1 Å². The Hall–Kier alpha value is -2.41. The van der Waals surface area contributed by atoms with Gasteiger partial charge in [0.2, 0.25) is 11.8 Å². The van der Waals surface area contributed by atoms with Gasteiger partial charge in [-0.25, -0.2) is 4.79 Å². The molecule has 1 heterocycles. The Labute approximate surface area is 128 Å². The second kappa shape index (κ2) is 7.04. The van der Waals surface area contributed by atoms with Crippen molar-refractivity contribution in [3.05, 3.63) is 35.9 Å². The Morgan fingerprint density at radius 3 is 2.18 bits per heavy atom. The lowest BCUT2D eigenvalue weighted by molar-refractivity contribution is -0.127. The molecule has 22 heavy (non-hydrogen) atoms. The number of imide groups is 1. The van der Waals surface area contributed by atoms with Crippen LogP contribution in [0.1, 0.15) is 24.4 Å². The van der Waals surface area contributed by atoms with E-state index in [2.05, 4.69) is 5.32 Å². The molecule has 0 aromatic heterocycles. The average molecular weight is 304 g/mol. The van der Waals surface area contributed by atoms with Crippen LogP contribution in [0.15, 0.2) is 30.3 Å². The Kier molecular flexibility index (Phi) is 5.11. The predicted octanol–water partition coefficient (Wildman–Crippen LogP) is 0.120. The molecule has 1 aliphatic rings. The fourth-order valence-electron chi connectivity index (χ4n) is 2.80. The summed E-state index contributed by atoms with van der Waals surface area (Å²) in [5.41, 5.74) is 11.2. The van der Waals surface area contributed by atoms with Crippen molar-refractivity contribution < 1.29 is 14.4 Å². The number of likely N-dealkylation sites (tertiary alicyclic amines) is 1. The normalized spacial score (nSPS) is 17.6. The smallest absolute Gasteiger partial charge is 0.318 e. The van der Waals surface area contributed by atoms with Crippen LogP contribution in [0, 0.1) is 5.92 Å². The van der Waals surface area contributed by atoms with Gasteiger partial charge in [-0.2, -0.15) is 0 Å². The van der Waals surface area contributed by atoms with Crippen molar-refractivity contribution >= 4 is 17.8 Å². The van der Waals surface area contributed by atoms with Gasteiger partial charge in [0, 0.05) is 5.92 Å². The van der Waals surface area contributed by atoms with Crippen molar-refractivity contribution in [2.45, 2.75) is 18.9 Å². The number of hydrogen-bond donors (Lipinski definition) is 3. The highest BCUT2D eigenvalue weighted by molar-refractivity contribution is 5.96. The summed E-state index contributed by atoms with van der Waals surface area (Å²) in [7, 11) is 0. The lowest BCUT2D eigenvalue weighted by Crippen LogP contribution is -2.48. The molecule has 0 unspecified atom stereocenters. The van der Waals surface area contributed by atoms with Crippen LogP contribution in [0.5, 0.6) is 0 Å². The number of urea groups is 1. The second-order valence-electron chi connectivity index (χ2n) is 5.38. The zero-order valence-electron chi connectivity index (χ0n) is 12.2. The molecule has 1 fully saturated rings. The molecule has 0 saturated carbocycles. The summed E-state index contributed by atoms with van der Waals surface area (Å²) in [6, 6.07) is 7.68. The van der Waals surface area contributed by atoms with Crippen LogP contribution in [0.25, 0.3) is 0 Å². The standard InChI is InChI=1S/C15H20N4O3/c16-13(20)11-6-8-19(9-7-11)12(14(21)18-15(17)22)10-4-2-1-3-5-10/h1-5,11-12H,6-9H2,(H2,16,20)(H3,17,18,21,22)/t12-/m1/s1. The molecule has 0 aliphatic carbocycles. The highest BCUT2D eigenvalue weighted by Crippen LogP contribution is 2.27. The lowest BCUT2D eigenvalue weighted by Gasteiger charge is -2.35. The van der Waals surface area contributed by atoms with E-state index in [1.165, 1.54) is 0 Å². The van der Waals surface area contributed by atoms with Crippen molar-refractivity contribution in [3.8, 4) is 0 Å². The van der Waals surface area contributed by atoms with Gasteiger partial charge in [-0.3, -0.25) is 19.8 Å². The molecule has 1 aromatic carbocycles. The van der Waals surface area contributed by atoms with E-state index in [-0.39, 0.29) is 11.8 Å². The van der Waals surface area contributed by atoms with Crippen LogP contribution in [-0.2, 0) is 9.59 Å². The molecule has 0 spiro atoms. The molecule has 7 nitrogen and oxygen atoms in total. The first kappa shape index (κ1) is 16.0. The molecule has 1 atom stereocenters. The van der Waals surface area contributed by atoms with Gasteiger partial charge in [0.1, 0.15) is 6.04 Å². The molecule has 118 valence electrons. The number of nitrogens with two attached hydrogens (primary N) is 2. The number of primary amides is 2. The Bertz CT molecular complexity index is 553. The highest BCUT2D eigenvalue weighted by atomic mass is 16.2. The van der Waals surface area contributed by atoms with Crippen LogP contribution in [0.4, 0.5) is 4.79 Å². The van der Waals surface area contributed by atoms with Crippen LogP contribution < -0.4 is 16.8 Å². The number of amides is 4. The van der Waals surface area contributed by atoms with E-state index < -0.39 is 18.0 Å². The van der Waals surface area contributed by atoms with Gasteiger partial charge in [-0.15, -0.1) is 0 Å². The Morgan fingerprint density at radius 2 is 1.68 bits per heavy atom. The van der Waals surface area contributed by atoms with E-state index in [1.807, 2.05) is 35.2 Å². The van der Waals surface area contributed by atoms with E-state index in [0.717, 1.165) is 5.56 Å². The molecule has 1 saturated heterocycles. The van der Waals surface area contributed by atoms with Gasteiger partial charge in [0.25, 0.3) is 0 Å². The van der Waals surface area contributed by atoms with E-state index >= 15 is 0 Å². The van der Waals surface area contributed by atoms with Crippen LogP contribution >= 0.6 is 0 Å². The molecular weight excluding hydrogens is 284 g/mol. The maximum Gasteiger partial charge on any atom is 0.318 e. The first-order valence-electron chi connectivity index (χ1n) is 7.17. The molecule has 1 aromatic rings. The third-order valence-electron chi connectivity index (χ3n) is 3.91. The van der Waals surface area contributed by atoms with Gasteiger partial charge < -0.3 is 11.5 Å². The minimum atomic E-state index is -0.877. The van der Waals surface area contributed by atoms with Gasteiger partial charge in [0.15, 0.2) is 0 Å². The van der Waals surface area contributed by atoms with Crippen LogP contribution in [0.2, 0.25) is 0 Å². The van der Waals surface area contributed by atoms with E-state index in [4.69, 9.17) is 11.5 Å². The number of hydrogen-bond acceptors (Lipinski definition) is 4. The fraction of sp³-hybridized carbons (Fsp3) is 0.400. The Balaban J connectivity index is 2.17. The van der Waals surface area contributed by atoms with Crippen molar-refractivity contribution in [1.82, 2.24) is 10.2 Å². The van der Waals surface area contributed by atoms with Crippen molar-refractivity contribution in [3.63, 3.8) is 0 Å². The topological polar surface area (TPSA) is 119 Å². The summed E-state index contributed by atoms with van der Waals surface area (Å²) >= 11 is 0. The van der Waals surface area contributed by atoms with Crippen LogP contribution in [0.3, 0.4) is 0 Å². The van der Waals surface area contributed by atoms with E-state index in [9.17, 15) is 14.4 Å². The lowest BCUT2D eigenvalue weighted by atomic mass is 9.93. The predicted molar refractivity (Wildman–Crippen MR) is 80.4 cm³/mol. The SMILES string of the molecule is NC(=O)NC(=O)[C@@H](c1ccccc1)N1CCC(C(N)=O)CC1. The number of nitrogens with one attached hydrogen (secondary N) is 1. The third kappa shape index (κ3) is 3.82. The quantitative estimate of drug-likeness (QED) is 0.732. The zero-order chi connectivity index (χ0) is 16.1. The summed E-state index contributed by atoms with van der Waals surface area (Å²) < 4.78 is 0. The summed E-state index contributed by atoms with van der Waals surface area (Å²) in [4.78, 5) is 36.5. The van der Waals surface area contributed by atoms with Crippen LogP contribution in [-0.4, -0.2) is 35.8 Å². The number of rotatable bonds is 4. The minimum absolute atomic E-state index is 0.160. The number of carbonyl (C=O) groups excluding carboxylic acids is 3. The molecule has 4 amide bonds. The number of benzene rings is 1. The first-order chi connectivity index (χ1) is 10.5. The minimum Gasteiger partial charge on any atom is -0.369 e. The number of nitrogens with zero attached hydrogens (tertiary/aromatic N) is 1. The molecule has 7 heteroatoms. The largest absolute Gasteiger partial charge is 0.369 e. The van der Waals surface area contributed by atoms with Gasteiger partial charge in [-0.1, -0.05) is 30.3 Å². The molecule has 0 radical (unpaired) electrons. The second-order valence-corrected chi connectivity index (χ2v) is 5.38. The molecule has 2 rings (SSSR count). The fourth-order valence-corrected chi connectivity index (χ4v) is 2.80. The number of piperidine rings is 1. The third-order valence-corrected chi connectivity index (χ3v) is 3.91. The molecule has 5 N–H and O–H groups in total. The van der Waals surface area contributed by atoms with Gasteiger partial charge in [-0.05, 0) is 31.5 Å². The first-order valence-corrected chi connectivity index (χ1v) is 7.17. The summed E-state index contributed by atoms with van der Waals surface area (Å²) in [6.45, 7) is 1.11. The maximum absolute atomic E-state index is 12.3. The summed E-state index contributed by atoms with van der Waals surface area (Å²) in [5.74, 6) is -0.930. The van der Waals surface area contributed by atoms with Gasteiger partial charge >= 0.3 is 6.03 Å². The van der Waals surface area contributed by atoms with E-state index in [0.29, 0.717) is 25.9 Å². The highest BCUT2D eigenvalue weighted by Gasteiger charge is 2.32. The Morgan fingerprint density at radius 1 is 1.09 bits per heavy atom. The molecular formula is C15H20N4O3. The number of carbonyl (C=O) groups is 3. The zero-order valence-corrected chi connectivity index (χ0v) is 12.2. The summed E-state index contributed by atoms with van der Waals surface area (Å²) in [5, 5.41) is 2.14. The van der Waals surface area contributed by atoms with Crippen molar-refractivity contribution in [2.24, 2.45) is 17.4 Å². The maximum atomic E-state index is 12.3.